The summed E-state index contributed by atoms with van der Waals surface area (Å²) < 4.78 is 5.27. The Balaban J connectivity index is 2.24. The minimum absolute atomic E-state index is 0.691. The first-order chi connectivity index (χ1) is 10.2. The molecule has 4 nitrogen and oxygen atoms in total. The van der Waals surface area contributed by atoms with Crippen LogP contribution in [0.3, 0.4) is 0 Å². The summed E-state index contributed by atoms with van der Waals surface area (Å²) in [5, 5.41) is 4.23. The van der Waals surface area contributed by atoms with Crippen LogP contribution in [0.5, 0.6) is 5.75 Å². The van der Waals surface area contributed by atoms with Crippen molar-refractivity contribution in [1.29, 1.82) is 0 Å². The summed E-state index contributed by atoms with van der Waals surface area (Å²) >= 11 is 0. The van der Waals surface area contributed by atoms with Crippen LogP contribution in [0, 0.1) is 6.92 Å². The maximum Gasteiger partial charge on any atom is 0.162 e. The third-order valence-corrected chi connectivity index (χ3v) is 3.50. The number of benzene rings is 2. The van der Waals surface area contributed by atoms with Crippen LogP contribution in [0.2, 0.25) is 0 Å². The number of aromatic nitrogens is 2. The lowest BCUT2D eigenvalue weighted by atomic mass is 10.1. The van der Waals surface area contributed by atoms with Gasteiger partial charge in [-0.05, 0) is 30.7 Å². The van der Waals surface area contributed by atoms with E-state index >= 15 is 0 Å². The SMILES string of the molecule is CNc1nc(-c2cccc(OC)c2)nc2cccc(C)c12. The fourth-order valence-electron chi connectivity index (χ4n) is 2.43. The quantitative estimate of drug-likeness (QED) is 0.795. The lowest BCUT2D eigenvalue weighted by molar-refractivity contribution is 0.415. The van der Waals surface area contributed by atoms with E-state index in [1.807, 2.05) is 43.4 Å². The van der Waals surface area contributed by atoms with Crippen LogP contribution in [0.1, 0.15) is 5.56 Å². The van der Waals surface area contributed by atoms with Gasteiger partial charge in [0.1, 0.15) is 11.6 Å². The van der Waals surface area contributed by atoms with Crippen molar-refractivity contribution >= 4 is 16.7 Å². The molecule has 0 radical (unpaired) electrons. The summed E-state index contributed by atoms with van der Waals surface area (Å²) in [5.41, 5.74) is 3.04. The molecular weight excluding hydrogens is 262 g/mol. The van der Waals surface area contributed by atoms with Crippen molar-refractivity contribution in [2.45, 2.75) is 6.92 Å². The van der Waals surface area contributed by atoms with Gasteiger partial charge in [-0.2, -0.15) is 0 Å². The van der Waals surface area contributed by atoms with Crippen molar-refractivity contribution in [3.8, 4) is 17.1 Å². The molecule has 3 rings (SSSR count). The number of hydrogen-bond donors (Lipinski definition) is 1. The van der Waals surface area contributed by atoms with Gasteiger partial charge in [0.15, 0.2) is 5.82 Å². The summed E-state index contributed by atoms with van der Waals surface area (Å²) in [7, 11) is 3.53. The van der Waals surface area contributed by atoms with Crippen molar-refractivity contribution < 1.29 is 4.74 Å². The Morgan fingerprint density at radius 3 is 2.62 bits per heavy atom. The Bertz CT molecular complexity index is 799. The molecule has 0 saturated heterocycles. The van der Waals surface area contributed by atoms with E-state index in [1.54, 1.807) is 7.11 Å². The van der Waals surface area contributed by atoms with Gasteiger partial charge in [-0.1, -0.05) is 24.3 Å². The summed E-state index contributed by atoms with van der Waals surface area (Å²) in [4.78, 5) is 9.33. The molecule has 0 amide bonds. The van der Waals surface area contributed by atoms with Crippen LogP contribution in [-0.2, 0) is 0 Å². The molecule has 0 atom stereocenters. The molecule has 1 N–H and O–H groups in total. The molecule has 3 aromatic rings. The molecule has 0 saturated carbocycles. The number of anilines is 1. The highest BCUT2D eigenvalue weighted by molar-refractivity contribution is 5.93. The van der Waals surface area contributed by atoms with Gasteiger partial charge in [0.2, 0.25) is 0 Å². The van der Waals surface area contributed by atoms with E-state index in [1.165, 1.54) is 0 Å². The molecule has 4 heteroatoms. The van der Waals surface area contributed by atoms with Crippen molar-refractivity contribution in [2.24, 2.45) is 0 Å². The molecule has 106 valence electrons. The fraction of sp³-hybridized carbons (Fsp3) is 0.176. The predicted molar refractivity (Wildman–Crippen MR) is 85.8 cm³/mol. The number of fused-ring (bicyclic) bond motifs is 1. The predicted octanol–water partition coefficient (Wildman–Crippen LogP) is 3.66. The zero-order chi connectivity index (χ0) is 14.8. The largest absolute Gasteiger partial charge is 0.497 e. The first-order valence-electron chi connectivity index (χ1n) is 6.82. The summed E-state index contributed by atoms with van der Waals surface area (Å²) in [6, 6.07) is 13.9. The number of ether oxygens (including phenoxy) is 1. The summed E-state index contributed by atoms with van der Waals surface area (Å²) in [6.45, 7) is 2.07. The summed E-state index contributed by atoms with van der Waals surface area (Å²) in [5.74, 6) is 2.33. The Hall–Kier alpha value is -2.62. The molecule has 0 spiro atoms. The van der Waals surface area contributed by atoms with Crippen LogP contribution in [-0.4, -0.2) is 24.1 Å². The van der Waals surface area contributed by atoms with Gasteiger partial charge in [-0.25, -0.2) is 9.97 Å². The molecule has 0 aliphatic heterocycles. The zero-order valence-electron chi connectivity index (χ0n) is 12.3. The van der Waals surface area contributed by atoms with Crippen molar-refractivity contribution in [2.75, 3.05) is 19.5 Å². The monoisotopic (exact) mass is 279 g/mol. The van der Waals surface area contributed by atoms with Crippen LogP contribution >= 0.6 is 0 Å². The Labute approximate surface area is 123 Å². The molecule has 0 fully saturated rings. The lowest BCUT2D eigenvalue weighted by Crippen LogP contribution is -2.00. The zero-order valence-corrected chi connectivity index (χ0v) is 12.3. The molecule has 21 heavy (non-hydrogen) atoms. The molecule has 0 unspecified atom stereocenters. The minimum atomic E-state index is 0.691. The Kier molecular flexibility index (Phi) is 3.44. The molecule has 0 aliphatic rings. The lowest BCUT2D eigenvalue weighted by Gasteiger charge is -2.10. The van der Waals surface area contributed by atoms with E-state index in [2.05, 4.69) is 28.3 Å². The van der Waals surface area contributed by atoms with E-state index in [0.29, 0.717) is 5.82 Å². The molecular formula is C17H17N3O. The van der Waals surface area contributed by atoms with Gasteiger partial charge >= 0.3 is 0 Å². The average molecular weight is 279 g/mol. The first-order valence-corrected chi connectivity index (χ1v) is 6.82. The fourth-order valence-corrected chi connectivity index (χ4v) is 2.43. The van der Waals surface area contributed by atoms with Crippen LogP contribution < -0.4 is 10.1 Å². The van der Waals surface area contributed by atoms with E-state index < -0.39 is 0 Å². The maximum absolute atomic E-state index is 5.27. The van der Waals surface area contributed by atoms with E-state index in [4.69, 9.17) is 4.74 Å². The van der Waals surface area contributed by atoms with Gasteiger partial charge in [0.05, 0.1) is 12.6 Å². The van der Waals surface area contributed by atoms with Gasteiger partial charge in [-0.15, -0.1) is 0 Å². The van der Waals surface area contributed by atoms with Gasteiger partial charge < -0.3 is 10.1 Å². The highest BCUT2D eigenvalue weighted by Crippen LogP contribution is 2.28. The van der Waals surface area contributed by atoms with Crippen LogP contribution in [0.15, 0.2) is 42.5 Å². The normalized spacial score (nSPS) is 10.6. The van der Waals surface area contributed by atoms with Crippen molar-refractivity contribution in [3.05, 3.63) is 48.0 Å². The van der Waals surface area contributed by atoms with Gasteiger partial charge in [0.25, 0.3) is 0 Å². The number of rotatable bonds is 3. The third-order valence-electron chi connectivity index (χ3n) is 3.50. The second kappa shape index (κ2) is 5.40. The van der Waals surface area contributed by atoms with Crippen LogP contribution in [0.25, 0.3) is 22.3 Å². The highest BCUT2D eigenvalue weighted by atomic mass is 16.5. The number of nitrogens with zero attached hydrogens (tertiary/aromatic N) is 2. The van der Waals surface area contributed by atoms with Crippen molar-refractivity contribution in [1.82, 2.24) is 9.97 Å². The standard InChI is InChI=1S/C17H17N3O/c1-11-6-4-9-14-15(11)17(18-2)20-16(19-14)12-7-5-8-13(10-12)21-3/h4-10H,1-3H3,(H,18,19,20). The number of methoxy groups -OCH3 is 1. The molecule has 0 aliphatic carbocycles. The second-order valence-corrected chi connectivity index (χ2v) is 4.85. The maximum atomic E-state index is 5.27. The van der Waals surface area contributed by atoms with Gasteiger partial charge in [0, 0.05) is 18.0 Å². The van der Waals surface area contributed by atoms with Crippen LogP contribution in [0.4, 0.5) is 5.82 Å². The topological polar surface area (TPSA) is 47.0 Å². The smallest absolute Gasteiger partial charge is 0.162 e. The van der Waals surface area contributed by atoms with Gasteiger partial charge in [-0.3, -0.25) is 0 Å². The summed E-state index contributed by atoms with van der Waals surface area (Å²) in [6.07, 6.45) is 0. The third kappa shape index (κ3) is 2.40. The van der Waals surface area contributed by atoms with E-state index in [9.17, 15) is 0 Å². The molecule has 1 heterocycles. The van der Waals surface area contributed by atoms with Crippen molar-refractivity contribution in [3.63, 3.8) is 0 Å². The number of nitrogens with one attached hydrogen (secondary N) is 1. The van der Waals surface area contributed by atoms with E-state index in [-0.39, 0.29) is 0 Å². The second-order valence-electron chi connectivity index (χ2n) is 4.85. The molecule has 0 bridgehead atoms. The Morgan fingerprint density at radius 2 is 1.86 bits per heavy atom. The Morgan fingerprint density at radius 1 is 1.05 bits per heavy atom. The van der Waals surface area contributed by atoms with E-state index in [0.717, 1.165) is 33.6 Å². The first kappa shape index (κ1) is 13.4. The number of aryl methyl sites for hydroxylation is 1. The molecule has 2 aromatic carbocycles. The molecule has 1 aromatic heterocycles. The average Bonchev–Trinajstić information content (AvgIpc) is 2.54. The highest BCUT2D eigenvalue weighted by Gasteiger charge is 2.10. The number of hydrogen-bond acceptors (Lipinski definition) is 4. The minimum Gasteiger partial charge on any atom is -0.497 e.